The van der Waals surface area contributed by atoms with Gasteiger partial charge in [0, 0.05) is 61.5 Å². The summed E-state index contributed by atoms with van der Waals surface area (Å²) in [6, 6.07) is 17.6. The fourth-order valence-corrected chi connectivity index (χ4v) is 4.83. The van der Waals surface area contributed by atoms with Gasteiger partial charge in [0.25, 0.3) is 11.5 Å². The van der Waals surface area contributed by atoms with E-state index >= 15 is 0 Å². The monoisotopic (exact) mass is 458 g/mol. The molecule has 0 radical (unpaired) electrons. The molecule has 1 saturated heterocycles. The molecule has 0 bridgehead atoms. The van der Waals surface area contributed by atoms with E-state index in [0.29, 0.717) is 54.4 Å². The van der Waals surface area contributed by atoms with E-state index in [-0.39, 0.29) is 17.2 Å². The van der Waals surface area contributed by atoms with Crippen molar-refractivity contribution in [2.45, 2.75) is 6.54 Å². The smallest absolute Gasteiger partial charge is 0.258 e. The molecular weight excluding hydrogens is 436 g/mol. The number of hydrogen-bond acceptors (Lipinski definition) is 6. The van der Waals surface area contributed by atoms with Crippen molar-refractivity contribution in [2.75, 3.05) is 26.2 Å². The molecule has 8 heteroatoms. The predicted molar refractivity (Wildman–Crippen MR) is 127 cm³/mol. The number of carbonyl (C=O) groups is 2. The molecule has 5 rings (SSSR count). The minimum Gasteiger partial charge on any atom is -0.336 e. The molecule has 0 aliphatic carbocycles. The van der Waals surface area contributed by atoms with Crippen LogP contribution in [-0.4, -0.2) is 57.1 Å². The third-order valence-corrected chi connectivity index (χ3v) is 6.60. The minimum atomic E-state index is -0.153. The second-order valence-electron chi connectivity index (χ2n) is 7.95. The highest BCUT2D eigenvalue weighted by atomic mass is 32.1. The third kappa shape index (κ3) is 4.35. The number of nitrogens with zero attached hydrogens (tertiary/aromatic N) is 4. The van der Waals surface area contributed by atoms with E-state index in [1.54, 1.807) is 58.0 Å². The van der Waals surface area contributed by atoms with Crippen LogP contribution < -0.4 is 5.56 Å². The molecule has 1 aliphatic heterocycles. The van der Waals surface area contributed by atoms with Crippen LogP contribution in [0.2, 0.25) is 0 Å². The van der Waals surface area contributed by atoms with Crippen molar-refractivity contribution in [3.05, 3.63) is 105 Å². The molecule has 166 valence electrons. The standard InChI is InChI=1S/C25H22N4O3S/c30-22-16-19(26-25-29(22)14-15-33-25)17-27-10-12-28(13-11-27)24(32)21-9-5-4-8-20(21)23(31)18-6-2-1-3-7-18/h1-9,14-16H,10-13,17H2. The van der Waals surface area contributed by atoms with E-state index in [4.69, 9.17) is 0 Å². The molecule has 2 aromatic heterocycles. The molecule has 0 unspecified atom stereocenters. The summed E-state index contributed by atoms with van der Waals surface area (Å²) in [7, 11) is 0. The summed E-state index contributed by atoms with van der Waals surface area (Å²) in [6.07, 6.45) is 1.73. The molecule has 7 nitrogen and oxygen atoms in total. The summed E-state index contributed by atoms with van der Waals surface area (Å²) in [5.74, 6) is -0.287. The molecule has 4 aromatic rings. The number of thiazole rings is 1. The van der Waals surface area contributed by atoms with Crippen LogP contribution in [-0.2, 0) is 6.54 Å². The Morgan fingerprint density at radius 1 is 0.909 bits per heavy atom. The Balaban J connectivity index is 1.27. The van der Waals surface area contributed by atoms with Crippen LogP contribution in [0.3, 0.4) is 0 Å². The van der Waals surface area contributed by atoms with Gasteiger partial charge in [-0.3, -0.25) is 23.7 Å². The van der Waals surface area contributed by atoms with Crippen LogP contribution in [0.25, 0.3) is 4.96 Å². The molecule has 0 saturated carbocycles. The molecule has 33 heavy (non-hydrogen) atoms. The molecule has 0 N–H and O–H groups in total. The van der Waals surface area contributed by atoms with Crippen molar-refractivity contribution in [1.82, 2.24) is 19.2 Å². The van der Waals surface area contributed by atoms with E-state index in [1.165, 1.54) is 11.3 Å². The van der Waals surface area contributed by atoms with Gasteiger partial charge in [0.1, 0.15) is 0 Å². The molecule has 1 amide bonds. The average Bonchev–Trinajstić information content (AvgIpc) is 3.33. The van der Waals surface area contributed by atoms with Gasteiger partial charge in [0.05, 0.1) is 11.3 Å². The zero-order chi connectivity index (χ0) is 22.8. The number of amides is 1. The van der Waals surface area contributed by atoms with Gasteiger partial charge < -0.3 is 4.90 Å². The lowest BCUT2D eigenvalue weighted by atomic mass is 9.97. The van der Waals surface area contributed by atoms with E-state index in [1.807, 2.05) is 23.6 Å². The second kappa shape index (κ2) is 9.09. The van der Waals surface area contributed by atoms with Crippen LogP contribution in [0.15, 0.2) is 77.0 Å². The average molecular weight is 459 g/mol. The Morgan fingerprint density at radius 2 is 1.61 bits per heavy atom. The van der Waals surface area contributed by atoms with Crippen molar-refractivity contribution < 1.29 is 9.59 Å². The van der Waals surface area contributed by atoms with Gasteiger partial charge in [0.2, 0.25) is 0 Å². The zero-order valence-corrected chi connectivity index (χ0v) is 18.7. The number of aromatic nitrogens is 2. The van der Waals surface area contributed by atoms with Gasteiger partial charge >= 0.3 is 0 Å². The van der Waals surface area contributed by atoms with E-state index in [0.717, 1.165) is 5.69 Å². The highest BCUT2D eigenvalue weighted by Gasteiger charge is 2.26. The van der Waals surface area contributed by atoms with E-state index in [9.17, 15) is 14.4 Å². The topological polar surface area (TPSA) is 75.0 Å². The van der Waals surface area contributed by atoms with Crippen molar-refractivity contribution in [2.24, 2.45) is 0 Å². The Kier molecular flexibility index (Phi) is 5.85. The molecule has 2 aromatic carbocycles. The fraction of sp³-hybridized carbons (Fsp3) is 0.200. The van der Waals surface area contributed by atoms with Crippen molar-refractivity contribution in [1.29, 1.82) is 0 Å². The van der Waals surface area contributed by atoms with Crippen LogP contribution in [0.5, 0.6) is 0 Å². The van der Waals surface area contributed by atoms with Crippen LogP contribution in [0.4, 0.5) is 0 Å². The minimum absolute atomic E-state index is 0.0789. The van der Waals surface area contributed by atoms with Crippen LogP contribution in [0.1, 0.15) is 32.0 Å². The summed E-state index contributed by atoms with van der Waals surface area (Å²) in [4.78, 5) is 47.7. The largest absolute Gasteiger partial charge is 0.336 e. The summed E-state index contributed by atoms with van der Waals surface area (Å²) >= 11 is 1.43. The fourth-order valence-electron chi connectivity index (χ4n) is 4.09. The molecule has 1 aliphatic rings. The lowest BCUT2D eigenvalue weighted by Crippen LogP contribution is -2.48. The molecule has 3 heterocycles. The summed E-state index contributed by atoms with van der Waals surface area (Å²) < 4.78 is 1.54. The number of benzene rings is 2. The Labute approximate surface area is 194 Å². The van der Waals surface area contributed by atoms with Crippen LogP contribution in [0, 0.1) is 0 Å². The number of ketones is 1. The Morgan fingerprint density at radius 3 is 2.36 bits per heavy atom. The van der Waals surface area contributed by atoms with Gasteiger partial charge in [0.15, 0.2) is 10.7 Å². The first-order chi connectivity index (χ1) is 16.1. The van der Waals surface area contributed by atoms with Crippen LogP contribution >= 0.6 is 11.3 Å². The van der Waals surface area contributed by atoms with E-state index < -0.39 is 0 Å². The van der Waals surface area contributed by atoms with Gasteiger partial charge in [-0.1, -0.05) is 48.5 Å². The SMILES string of the molecule is O=C(c1ccccc1)c1ccccc1C(=O)N1CCN(Cc2cc(=O)n3ccsc3n2)CC1. The zero-order valence-electron chi connectivity index (χ0n) is 17.9. The Bertz CT molecular complexity index is 1370. The third-order valence-electron chi connectivity index (χ3n) is 5.84. The lowest BCUT2D eigenvalue weighted by molar-refractivity contribution is 0.0624. The summed E-state index contributed by atoms with van der Waals surface area (Å²) in [6.45, 7) is 3.01. The lowest BCUT2D eigenvalue weighted by Gasteiger charge is -2.34. The first-order valence-electron chi connectivity index (χ1n) is 10.8. The molecular formula is C25H22N4O3S. The first kappa shape index (κ1) is 21.2. The number of carbonyl (C=O) groups excluding carboxylic acids is 2. The molecule has 1 fully saturated rings. The summed E-state index contributed by atoms with van der Waals surface area (Å²) in [5.41, 5.74) is 2.07. The highest BCUT2D eigenvalue weighted by Crippen LogP contribution is 2.18. The Hall–Kier alpha value is -3.62. The maximum absolute atomic E-state index is 13.3. The number of rotatable bonds is 5. The maximum Gasteiger partial charge on any atom is 0.258 e. The molecule has 0 atom stereocenters. The van der Waals surface area contributed by atoms with E-state index in [2.05, 4.69) is 9.88 Å². The predicted octanol–water partition coefficient (Wildman–Crippen LogP) is 2.95. The van der Waals surface area contributed by atoms with Gasteiger partial charge in [-0.05, 0) is 6.07 Å². The number of hydrogen-bond donors (Lipinski definition) is 0. The highest BCUT2D eigenvalue weighted by molar-refractivity contribution is 7.15. The normalized spacial score (nSPS) is 14.5. The summed E-state index contributed by atoms with van der Waals surface area (Å²) in [5, 5.41) is 1.85. The van der Waals surface area contributed by atoms with Gasteiger partial charge in [-0.15, -0.1) is 11.3 Å². The van der Waals surface area contributed by atoms with Crippen molar-refractivity contribution in [3.63, 3.8) is 0 Å². The van der Waals surface area contributed by atoms with Gasteiger partial charge in [-0.2, -0.15) is 0 Å². The first-order valence-corrected chi connectivity index (χ1v) is 11.6. The number of piperazine rings is 1. The molecule has 0 spiro atoms. The van der Waals surface area contributed by atoms with Crippen molar-refractivity contribution >= 4 is 28.0 Å². The van der Waals surface area contributed by atoms with Crippen molar-refractivity contribution in [3.8, 4) is 0 Å². The second-order valence-corrected chi connectivity index (χ2v) is 8.82. The maximum atomic E-state index is 13.3. The van der Waals surface area contributed by atoms with Gasteiger partial charge in [-0.25, -0.2) is 4.98 Å². The quantitative estimate of drug-likeness (QED) is 0.430. The number of fused-ring (bicyclic) bond motifs is 1.